The van der Waals surface area contributed by atoms with Crippen LogP contribution in [0.3, 0.4) is 0 Å². The van der Waals surface area contributed by atoms with Gasteiger partial charge in [-0.25, -0.2) is 0 Å². The molecule has 0 fully saturated rings. The predicted octanol–water partition coefficient (Wildman–Crippen LogP) is 4.38. The maximum absolute atomic E-state index is 4.20. The molecule has 0 amide bonds. The van der Waals surface area contributed by atoms with E-state index in [2.05, 4.69) is 24.1 Å². The summed E-state index contributed by atoms with van der Waals surface area (Å²) in [7, 11) is 0. The van der Waals surface area contributed by atoms with Gasteiger partial charge in [0.25, 0.3) is 0 Å². The van der Waals surface area contributed by atoms with Gasteiger partial charge in [-0.2, -0.15) is 0 Å². The second kappa shape index (κ2) is 12.4. The van der Waals surface area contributed by atoms with E-state index >= 15 is 0 Å². The standard InChI is InChI=1S/C13H25N/c1-3-5-6-7-8-9-10-11-12-13-14-4-2/h3-5H,6-13H2,1-2H3/b5-3-,14-4?. The largest absolute Gasteiger partial charge is 0.298 e. The molecule has 0 aliphatic heterocycles. The molecule has 0 saturated heterocycles. The molecule has 0 spiro atoms. The van der Waals surface area contributed by atoms with Crippen LogP contribution in [0.1, 0.15) is 58.8 Å². The van der Waals surface area contributed by atoms with Crippen LogP contribution in [0.25, 0.3) is 0 Å². The van der Waals surface area contributed by atoms with Crippen LogP contribution >= 0.6 is 0 Å². The number of unbranched alkanes of at least 4 members (excludes halogenated alkanes) is 6. The Morgan fingerprint density at radius 2 is 1.50 bits per heavy atom. The van der Waals surface area contributed by atoms with Crippen LogP contribution in [-0.2, 0) is 0 Å². The second-order valence-corrected chi connectivity index (χ2v) is 3.64. The van der Waals surface area contributed by atoms with E-state index in [1.165, 1.54) is 44.9 Å². The van der Waals surface area contributed by atoms with Crippen LogP contribution in [0, 0.1) is 0 Å². The summed E-state index contributed by atoms with van der Waals surface area (Å²) in [4.78, 5) is 4.20. The van der Waals surface area contributed by atoms with Crippen molar-refractivity contribution in [3.05, 3.63) is 12.2 Å². The Morgan fingerprint density at radius 3 is 2.14 bits per heavy atom. The van der Waals surface area contributed by atoms with Crippen molar-refractivity contribution in [2.75, 3.05) is 6.54 Å². The van der Waals surface area contributed by atoms with Gasteiger partial charge in [-0.05, 0) is 39.3 Å². The van der Waals surface area contributed by atoms with Crippen molar-refractivity contribution in [3.8, 4) is 0 Å². The number of aliphatic imine (C=N–C) groups is 1. The predicted molar refractivity (Wildman–Crippen MR) is 66.2 cm³/mol. The topological polar surface area (TPSA) is 12.4 Å². The lowest BCUT2D eigenvalue weighted by molar-refractivity contribution is 0.601. The molecule has 0 bridgehead atoms. The summed E-state index contributed by atoms with van der Waals surface area (Å²) in [6.07, 6.45) is 15.7. The van der Waals surface area contributed by atoms with E-state index in [9.17, 15) is 0 Å². The third-order valence-corrected chi connectivity index (χ3v) is 2.33. The van der Waals surface area contributed by atoms with Crippen LogP contribution in [0.5, 0.6) is 0 Å². The van der Waals surface area contributed by atoms with Gasteiger partial charge in [0.1, 0.15) is 0 Å². The summed E-state index contributed by atoms with van der Waals surface area (Å²) >= 11 is 0. The average Bonchev–Trinajstić information content (AvgIpc) is 2.21. The van der Waals surface area contributed by atoms with E-state index in [0.717, 1.165) is 6.54 Å². The van der Waals surface area contributed by atoms with E-state index in [4.69, 9.17) is 0 Å². The van der Waals surface area contributed by atoms with Crippen molar-refractivity contribution < 1.29 is 0 Å². The molecule has 14 heavy (non-hydrogen) atoms. The Morgan fingerprint density at radius 1 is 0.857 bits per heavy atom. The van der Waals surface area contributed by atoms with Crippen molar-refractivity contribution >= 4 is 6.21 Å². The first-order chi connectivity index (χ1) is 6.91. The van der Waals surface area contributed by atoms with E-state index in [-0.39, 0.29) is 0 Å². The highest BCUT2D eigenvalue weighted by Gasteiger charge is 1.89. The molecular formula is C13H25N. The van der Waals surface area contributed by atoms with Gasteiger partial charge in [-0.15, -0.1) is 0 Å². The zero-order chi connectivity index (χ0) is 10.5. The Hall–Kier alpha value is -0.590. The van der Waals surface area contributed by atoms with Crippen molar-refractivity contribution in [1.82, 2.24) is 0 Å². The summed E-state index contributed by atoms with van der Waals surface area (Å²) in [5.41, 5.74) is 0. The molecule has 0 heterocycles. The quantitative estimate of drug-likeness (QED) is 0.294. The summed E-state index contributed by atoms with van der Waals surface area (Å²) in [6.45, 7) is 5.10. The van der Waals surface area contributed by atoms with E-state index in [1.807, 2.05) is 13.1 Å². The van der Waals surface area contributed by atoms with Crippen LogP contribution in [0.4, 0.5) is 0 Å². The maximum Gasteiger partial charge on any atom is 0.0385 e. The first kappa shape index (κ1) is 13.4. The lowest BCUT2D eigenvalue weighted by Gasteiger charge is -1.98. The minimum Gasteiger partial charge on any atom is -0.298 e. The number of rotatable bonds is 9. The molecular weight excluding hydrogens is 170 g/mol. The first-order valence-electron chi connectivity index (χ1n) is 5.97. The molecule has 0 unspecified atom stereocenters. The fourth-order valence-corrected chi connectivity index (χ4v) is 1.47. The minimum absolute atomic E-state index is 1.02. The molecule has 0 aliphatic rings. The van der Waals surface area contributed by atoms with Crippen LogP contribution in [0.15, 0.2) is 17.1 Å². The molecule has 0 aromatic rings. The van der Waals surface area contributed by atoms with Crippen LogP contribution in [0.2, 0.25) is 0 Å². The smallest absolute Gasteiger partial charge is 0.0385 e. The molecule has 0 N–H and O–H groups in total. The number of hydrogen-bond acceptors (Lipinski definition) is 1. The van der Waals surface area contributed by atoms with E-state index < -0.39 is 0 Å². The highest BCUT2D eigenvalue weighted by molar-refractivity contribution is 5.53. The van der Waals surface area contributed by atoms with Crippen molar-refractivity contribution in [2.24, 2.45) is 4.99 Å². The normalized spacial score (nSPS) is 11.9. The molecule has 0 rings (SSSR count). The Bertz CT molecular complexity index is 129. The molecule has 0 aromatic carbocycles. The van der Waals surface area contributed by atoms with Gasteiger partial charge < -0.3 is 0 Å². The molecule has 1 heteroatoms. The van der Waals surface area contributed by atoms with Gasteiger partial charge in [0.2, 0.25) is 0 Å². The zero-order valence-electron chi connectivity index (χ0n) is 9.84. The highest BCUT2D eigenvalue weighted by atomic mass is 14.7. The van der Waals surface area contributed by atoms with Crippen molar-refractivity contribution in [2.45, 2.75) is 58.8 Å². The highest BCUT2D eigenvalue weighted by Crippen LogP contribution is 2.07. The minimum atomic E-state index is 1.02. The van der Waals surface area contributed by atoms with Gasteiger partial charge in [-0.1, -0.05) is 37.8 Å². The summed E-state index contributed by atoms with van der Waals surface area (Å²) in [5.74, 6) is 0. The molecule has 0 aromatic heterocycles. The van der Waals surface area contributed by atoms with E-state index in [1.54, 1.807) is 0 Å². The lowest BCUT2D eigenvalue weighted by Crippen LogP contribution is -1.83. The van der Waals surface area contributed by atoms with Gasteiger partial charge >= 0.3 is 0 Å². The monoisotopic (exact) mass is 195 g/mol. The summed E-state index contributed by atoms with van der Waals surface area (Å²) < 4.78 is 0. The van der Waals surface area contributed by atoms with Gasteiger partial charge in [0, 0.05) is 6.54 Å². The Kier molecular flexibility index (Phi) is 11.9. The molecule has 0 aliphatic carbocycles. The fourth-order valence-electron chi connectivity index (χ4n) is 1.47. The lowest BCUT2D eigenvalue weighted by atomic mass is 10.1. The first-order valence-corrected chi connectivity index (χ1v) is 5.97. The molecule has 0 radical (unpaired) electrons. The van der Waals surface area contributed by atoms with Gasteiger partial charge in [0.05, 0.1) is 0 Å². The third kappa shape index (κ3) is 11.4. The molecule has 0 atom stereocenters. The van der Waals surface area contributed by atoms with Crippen LogP contribution < -0.4 is 0 Å². The third-order valence-electron chi connectivity index (χ3n) is 2.33. The summed E-state index contributed by atoms with van der Waals surface area (Å²) in [6, 6.07) is 0. The molecule has 0 saturated carbocycles. The van der Waals surface area contributed by atoms with Crippen LogP contribution in [-0.4, -0.2) is 12.8 Å². The van der Waals surface area contributed by atoms with Gasteiger partial charge in [-0.3, -0.25) is 4.99 Å². The number of allylic oxidation sites excluding steroid dienone is 2. The number of nitrogens with zero attached hydrogens (tertiary/aromatic N) is 1. The van der Waals surface area contributed by atoms with Gasteiger partial charge in [0.15, 0.2) is 0 Å². The zero-order valence-corrected chi connectivity index (χ0v) is 9.84. The Balaban J connectivity index is 2.92. The molecule has 1 nitrogen and oxygen atoms in total. The van der Waals surface area contributed by atoms with Crippen molar-refractivity contribution in [3.63, 3.8) is 0 Å². The van der Waals surface area contributed by atoms with E-state index in [0.29, 0.717) is 0 Å². The fraction of sp³-hybridized carbons (Fsp3) is 0.769. The molecule has 82 valence electrons. The average molecular weight is 195 g/mol. The Labute approximate surface area is 89.3 Å². The van der Waals surface area contributed by atoms with Crippen molar-refractivity contribution in [1.29, 1.82) is 0 Å². The summed E-state index contributed by atoms with van der Waals surface area (Å²) in [5, 5.41) is 0. The SMILES string of the molecule is CC=NCCCCCCCC/C=C\C. The maximum atomic E-state index is 4.20. The number of hydrogen-bond donors (Lipinski definition) is 0. The second-order valence-electron chi connectivity index (χ2n) is 3.64.